The fraction of sp³-hybridized carbons (Fsp3) is 0.571. The van der Waals surface area contributed by atoms with Crippen LogP contribution < -0.4 is 9.47 Å². The molecule has 0 unspecified atom stereocenters. The van der Waals surface area contributed by atoms with E-state index in [0.717, 1.165) is 11.9 Å². The largest absolute Gasteiger partial charge is 0.506 e. The summed E-state index contributed by atoms with van der Waals surface area (Å²) in [5.74, 6) is -1.82. The molecule has 1 saturated heterocycles. The van der Waals surface area contributed by atoms with Crippen LogP contribution in [-0.2, 0) is 25.5 Å². The Morgan fingerprint density at radius 2 is 1.81 bits per heavy atom. The summed E-state index contributed by atoms with van der Waals surface area (Å²) in [6.45, 7) is 15.6. The first-order valence-electron chi connectivity index (χ1n) is 15.3. The number of Topliss-reactive ketones (excluding diaryl/α,β-unsaturated/α-hetero) is 2. The predicted molar refractivity (Wildman–Crippen MR) is 161 cm³/mol. The average Bonchev–Trinajstić information content (AvgIpc) is 3.07. The van der Waals surface area contributed by atoms with Gasteiger partial charge in [-0.2, -0.15) is 0 Å². The van der Waals surface area contributed by atoms with E-state index in [4.69, 9.17) is 18.9 Å². The van der Waals surface area contributed by atoms with E-state index in [0.29, 0.717) is 41.9 Å². The molecule has 230 valence electrons. The number of carbonyl (C=O) groups excluding carboxylic acids is 3. The summed E-state index contributed by atoms with van der Waals surface area (Å²) in [6.07, 6.45) is 8.33. The molecular formula is C35H42O8. The molecule has 3 aliphatic heterocycles. The first kappa shape index (κ1) is 29.8. The van der Waals surface area contributed by atoms with Gasteiger partial charge in [-0.15, -0.1) is 0 Å². The van der Waals surface area contributed by atoms with Crippen LogP contribution in [0.25, 0.3) is 6.08 Å². The van der Waals surface area contributed by atoms with Gasteiger partial charge in [0, 0.05) is 30.4 Å². The van der Waals surface area contributed by atoms with Gasteiger partial charge >= 0.3 is 0 Å². The number of aromatic hydroxyl groups is 1. The van der Waals surface area contributed by atoms with Gasteiger partial charge < -0.3 is 24.1 Å². The zero-order chi connectivity index (χ0) is 31.3. The maximum Gasteiger partial charge on any atom is 0.180 e. The Hall–Kier alpha value is -3.23. The maximum absolute atomic E-state index is 15.0. The lowest BCUT2D eigenvalue weighted by molar-refractivity contribution is -0.226. The minimum Gasteiger partial charge on any atom is -0.506 e. The summed E-state index contributed by atoms with van der Waals surface area (Å²) in [5, 5.41) is 11.7. The molecule has 8 nitrogen and oxygen atoms in total. The molecule has 8 heteroatoms. The van der Waals surface area contributed by atoms with E-state index in [9.17, 15) is 19.5 Å². The van der Waals surface area contributed by atoms with Gasteiger partial charge in [0.25, 0.3) is 0 Å². The molecule has 1 spiro atoms. The molecule has 1 aromatic carbocycles. The van der Waals surface area contributed by atoms with Crippen molar-refractivity contribution in [2.75, 3.05) is 6.61 Å². The third kappa shape index (κ3) is 3.91. The Morgan fingerprint density at radius 1 is 1.09 bits per heavy atom. The van der Waals surface area contributed by atoms with Gasteiger partial charge in [-0.3, -0.25) is 14.4 Å². The van der Waals surface area contributed by atoms with E-state index in [1.807, 2.05) is 60.6 Å². The zero-order valence-corrected chi connectivity index (χ0v) is 26.3. The van der Waals surface area contributed by atoms with Crippen LogP contribution >= 0.6 is 0 Å². The van der Waals surface area contributed by atoms with E-state index >= 15 is 0 Å². The molecule has 3 aliphatic carbocycles. The summed E-state index contributed by atoms with van der Waals surface area (Å²) in [6, 6.07) is 0. The normalized spacial score (nSPS) is 34.1. The molecule has 4 bridgehead atoms. The predicted octanol–water partition coefficient (Wildman–Crippen LogP) is 5.72. The highest BCUT2D eigenvalue weighted by Crippen LogP contribution is 2.70. The van der Waals surface area contributed by atoms with Crippen LogP contribution in [0.15, 0.2) is 29.4 Å². The van der Waals surface area contributed by atoms with E-state index < -0.39 is 40.3 Å². The summed E-state index contributed by atoms with van der Waals surface area (Å²) in [4.78, 5) is 41.2. The molecule has 6 atom stereocenters. The minimum absolute atomic E-state index is 0.0806. The van der Waals surface area contributed by atoms with Crippen LogP contribution in [0.3, 0.4) is 0 Å². The number of phenolic OH excluding ortho intramolecular Hbond substituents is 1. The lowest BCUT2D eigenvalue weighted by Crippen LogP contribution is -2.80. The molecule has 0 amide bonds. The van der Waals surface area contributed by atoms with Crippen molar-refractivity contribution >= 4 is 23.9 Å². The molecule has 6 aliphatic rings. The van der Waals surface area contributed by atoms with Crippen molar-refractivity contribution in [3.05, 3.63) is 46.1 Å². The topological polar surface area (TPSA) is 108 Å². The molecule has 0 aromatic heterocycles. The lowest BCUT2D eigenvalue weighted by atomic mass is 9.45. The van der Waals surface area contributed by atoms with Crippen molar-refractivity contribution in [3.8, 4) is 17.2 Å². The zero-order valence-electron chi connectivity index (χ0n) is 26.3. The van der Waals surface area contributed by atoms with Crippen LogP contribution in [0.2, 0.25) is 0 Å². The monoisotopic (exact) mass is 590 g/mol. The van der Waals surface area contributed by atoms with Crippen LogP contribution in [-0.4, -0.2) is 58.1 Å². The molecule has 0 radical (unpaired) electrons. The second kappa shape index (κ2) is 9.63. The molecule has 3 saturated carbocycles. The molecule has 1 N–H and O–H groups in total. The van der Waals surface area contributed by atoms with Crippen molar-refractivity contribution in [2.24, 2.45) is 17.8 Å². The van der Waals surface area contributed by atoms with Crippen LogP contribution in [0.4, 0.5) is 0 Å². The van der Waals surface area contributed by atoms with Gasteiger partial charge in [-0.1, -0.05) is 17.7 Å². The third-order valence-electron chi connectivity index (χ3n) is 10.1. The number of fused-ring (bicyclic) bond motifs is 2. The highest BCUT2D eigenvalue weighted by atomic mass is 16.6. The average molecular weight is 591 g/mol. The SMILES string of the molecule is CCO[C@H]1[C@@H]2C[C@@H]3C(C)(C)O[C@@](C/C=C(\C)C=O)(C2=O)[C@]32Oc3c(CC=C(C)C)c4c(c(O)c3C(=O)[C@H]12)C=CC(C)(C)O4. The lowest BCUT2D eigenvalue weighted by Gasteiger charge is -2.62. The fourth-order valence-corrected chi connectivity index (χ4v) is 8.38. The number of aldehydes is 1. The quantitative estimate of drug-likeness (QED) is 0.244. The van der Waals surface area contributed by atoms with Crippen LogP contribution in [0, 0.1) is 17.8 Å². The van der Waals surface area contributed by atoms with Crippen molar-refractivity contribution in [3.63, 3.8) is 0 Å². The summed E-state index contributed by atoms with van der Waals surface area (Å²) < 4.78 is 26.7. The van der Waals surface area contributed by atoms with Crippen molar-refractivity contribution in [1.29, 1.82) is 0 Å². The van der Waals surface area contributed by atoms with Gasteiger partial charge in [-0.25, -0.2) is 0 Å². The Bertz CT molecular complexity index is 1520. The summed E-state index contributed by atoms with van der Waals surface area (Å²) >= 11 is 0. The Labute approximate surface area is 253 Å². The number of hydrogen-bond acceptors (Lipinski definition) is 8. The number of hydrogen-bond donors (Lipinski definition) is 1. The Kier molecular flexibility index (Phi) is 6.68. The molecule has 7 rings (SSSR count). The minimum atomic E-state index is -1.53. The second-order valence-corrected chi connectivity index (χ2v) is 14.0. The maximum atomic E-state index is 15.0. The molecular weight excluding hydrogens is 548 g/mol. The van der Waals surface area contributed by atoms with E-state index in [1.54, 1.807) is 19.1 Å². The standard InChI is InChI=1S/C35H42O8/c1-9-40-30-22-16-23-33(7,8)43-34(31(22)39,15-12-19(4)17-36)35(23)25(30)27(38)24-26(37)20-13-14-32(5,6)41-28(20)21(29(24)42-35)11-10-18(2)3/h10,12-14,17,22-23,25,30,37H,9,11,15-16H2,1-8H3/b19-12+/t22-,23+,25+,30-,34-,35-/m0/s1. The molecule has 43 heavy (non-hydrogen) atoms. The van der Waals surface area contributed by atoms with Gasteiger partial charge in [0.05, 0.1) is 23.2 Å². The number of ketones is 2. The van der Waals surface area contributed by atoms with Crippen molar-refractivity contribution in [1.82, 2.24) is 0 Å². The number of benzene rings is 1. The van der Waals surface area contributed by atoms with E-state index in [2.05, 4.69) is 0 Å². The smallest absolute Gasteiger partial charge is 0.180 e. The van der Waals surface area contributed by atoms with Crippen molar-refractivity contribution < 1.29 is 38.4 Å². The first-order valence-corrected chi connectivity index (χ1v) is 15.3. The number of ether oxygens (including phenoxy) is 4. The van der Waals surface area contributed by atoms with Gasteiger partial charge in [0.2, 0.25) is 0 Å². The Morgan fingerprint density at radius 3 is 2.47 bits per heavy atom. The first-order chi connectivity index (χ1) is 20.2. The number of rotatable bonds is 7. The molecule has 1 aromatic rings. The highest BCUT2D eigenvalue weighted by Gasteiger charge is 2.85. The van der Waals surface area contributed by atoms with Crippen molar-refractivity contribution in [2.45, 2.75) is 103 Å². The fourth-order valence-electron chi connectivity index (χ4n) is 8.38. The molecule has 4 fully saturated rings. The summed E-state index contributed by atoms with van der Waals surface area (Å²) in [7, 11) is 0. The van der Waals surface area contributed by atoms with Gasteiger partial charge in [-0.05, 0) is 86.0 Å². The number of allylic oxidation sites excluding steroid dienone is 3. The van der Waals surface area contributed by atoms with Gasteiger partial charge in [0.15, 0.2) is 22.8 Å². The van der Waals surface area contributed by atoms with Crippen LogP contribution in [0.5, 0.6) is 17.2 Å². The third-order valence-corrected chi connectivity index (χ3v) is 10.1. The number of carbonyl (C=O) groups is 3. The highest BCUT2D eigenvalue weighted by molar-refractivity contribution is 6.10. The van der Waals surface area contributed by atoms with E-state index in [1.165, 1.54) is 0 Å². The van der Waals surface area contributed by atoms with E-state index in [-0.39, 0.29) is 41.0 Å². The number of phenols is 1. The second-order valence-electron chi connectivity index (χ2n) is 14.0. The van der Waals surface area contributed by atoms with Crippen LogP contribution in [0.1, 0.15) is 89.7 Å². The molecule has 3 heterocycles. The Balaban J connectivity index is 1.68. The summed E-state index contributed by atoms with van der Waals surface area (Å²) in [5.41, 5.74) is -1.73. The van der Waals surface area contributed by atoms with Gasteiger partial charge in [0.1, 0.15) is 34.7 Å².